The van der Waals surface area contributed by atoms with Crippen molar-refractivity contribution in [3.63, 3.8) is 0 Å². The average Bonchev–Trinajstić information content (AvgIpc) is 3.59. The molecule has 5 rings (SSSR count). The smallest absolute Gasteiger partial charge is 0.287 e. The number of hydrogen-bond donors (Lipinski definition) is 2. The van der Waals surface area contributed by atoms with Crippen molar-refractivity contribution in [3.05, 3.63) is 102 Å². The summed E-state index contributed by atoms with van der Waals surface area (Å²) in [6.07, 6.45) is 0.00589. The van der Waals surface area contributed by atoms with E-state index in [0.717, 1.165) is 16.7 Å². The Bertz CT molecular complexity index is 1350. The number of oxime groups is 1. The van der Waals surface area contributed by atoms with Crippen LogP contribution in [-0.4, -0.2) is 37.7 Å². The fourth-order valence-corrected chi connectivity index (χ4v) is 3.55. The Kier molecular flexibility index (Phi) is 6.25. The topological polar surface area (TPSA) is 123 Å². The maximum absolute atomic E-state index is 12.4. The van der Waals surface area contributed by atoms with Crippen LogP contribution in [0.4, 0.5) is 0 Å². The first-order valence-corrected chi connectivity index (χ1v) is 11.0. The standard InChI is InChI=1S/C25H21N7O3/c33-24(27-28-25(34)21-15-22(35-30-21)18-7-3-1-4-8-18)20-13-11-17(12-14-20)16-32-29-23(26-31-32)19-9-5-2-6-10-19/h1-14,22H,15-16H2,(H,27,33)(H,28,34). The molecular formula is C25H21N7O3. The highest BCUT2D eigenvalue weighted by molar-refractivity contribution is 6.39. The first-order valence-electron chi connectivity index (χ1n) is 11.0. The third-order valence-corrected chi connectivity index (χ3v) is 5.42. The fourth-order valence-electron chi connectivity index (χ4n) is 3.55. The molecule has 0 spiro atoms. The van der Waals surface area contributed by atoms with E-state index in [-0.39, 0.29) is 11.8 Å². The average molecular weight is 467 g/mol. The van der Waals surface area contributed by atoms with Crippen LogP contribution in [-0.2, 0) is 16.2 Å². The molecule has 1 unspecified atom stereocenters. The minimum atomic E-state index is -0.514. The van der Waals surface area contributed by atoms with Gasteiger partial charge < -0.3 is 4.84 Å². The van der Waals surface area contributed by atoms with Crippen LogP contribution in [0.1, 0.15) is 34.0 Å². The van der Waals surface area contributed by atoms with Crippen molar-refractivity contribution in [2.45, 2.75) is 19.1 Å². The van der Waals surface area contributed by atoms with E-state index in [0.29, 0.717) is 24.4 Å². The summed E-state index contributed by atoms with van der Waals surface area (Å²) in [6, 6.07) is 26.0. The fraction of sp³-hybridized carbons (Fsp3) is 0.120. The molecule has 0 saturated carbocycles. The van der Waals surface area contributed by atoms with E-state index in [4.69, 9.17) is 4.84 Å². The van der Waals surface area contributed by atoms with Crippen LogP contribution >= 0.6 is 0 Å². The first kappa shape index (κ1) is 22.0. The van der Waals surface area contributed by atoms with Crippen LogP contribution in [0.3, 0.4) is 0 Å². The Morgan fingerprint density at radius 2 is 1.57 bits per heavy atom. The molecule has 1 atom stereocenters. The number of amides is 2. The van der Waals surface area contributed by atoms with Crippen molar-refractivity contribution in [3.8, 4) is 11.4 Å². The summed E-state index contributed by atoms with van der Waals surface area (Å²) in [5.41, 5.74) is 8.11. The predicted octanol–water partition coefficient (Wildman–Crippen LogP) is 2.67. The van der Waals surface area contributed by atoms with E-state index < -0.39 is 11.8 Å². The Morgan fingerprint density at radius 1 is 0.886 bits per heavy atom. The molecule has 0 fully saturated rings. The quantitative estimate of drug-likeness (QED) is 0.420. The molecule has 3 aromatic carbocycles. The maximum atomic E-state index is 12.4. The van der Waals surface area contributed by atoms with Crippen LogP contribution in [0.25, 0.3) is 11.4 Å². The number of nitrogens with one attached hydrogen (secondary N) is 2. The molecule has 174 valence electrons. The first-order chi connectivity index (χ1) is 17.2. The lowest BCUT2D eigenvalue weighted by atomic mass is 10.0. The molecule has 10 nitrogen and oxygen atoms in total. The van der Waals surface area contributed by atoms with Gasteiger partial charge in [-0.3, -0.25) is 20.4 Å². The highest BCUT2D eigenvalue weighted by Crippen LogP contribution is 2.26. The lowest BCUT2D eigenvalue weighted by Crippen LogP contribution is -2.44. The van der Waals surface area contributed by atoms with E-state index in [2.05, 4.69) is 31.4 Å². The van der Waals surface area contributed by atoms with Crippen molar-refractivity contribution in [1.29, 1.82) is 0 Å². The van der Waals surface area contributed by atoms with Crippen molar-refractivity contribution in [2.75, 3.05) is 0 Å². The van der Waals surface area contributed by atoms with Gasteiger partial charge in [-0.15, -0.1) is 10.2 Å². The van der Waals surface area contributed by atoms with Gasteiger partial charge in [0.25, 0.3) is 11.8 Å². The highest BCUT2D eigenvalue weighted by Gasteiger charge is 2.27. The summed E-state index contributed by atoms with van der Waals surface area (Å²) in [4.78, 5) is 31.6. The lowest BCUT2D eigenvalue weighted by molar-refractivity contribution is -0.115. The Morgan fingerprint density at radius 3 is 2.31 bits per heavy atom. The highest BCUT2D eigenvalue weighted by atomic mass is 16.6. The van der Waals surface area contributed by atoms with Gasteiger partial charge in [-0.25, -0.2) is 0 Å². The van der Waals surface area contributed by atoms with Gasteiger partial charge in [-0.1, -0.05) is 78.0 Å². The summed E-state index contributed by atoms with van der Waals surface area (Å²) in [6.45, 7) is 0.404. The zero-order valence-corrected chi connectivity index (χ0v) is 18.5. The molecule has 0 aliphatic carbocycles. The summed E-state index contributed by atoms with van der Waals surface area (Å²) in [5.74, 6) is -0.418. The zero-order valence-electron chi connectivity index (χ0n) is 18.5. The molecule has 1 aliphatic heterocycles. The van der Waals surface area contributed by atoms with E-state index in [1.54, 1.807) is 24.3 Å². The lowest BCUT2D eigenvalue weighted by Gasteiger charge is -2.08. The Balaban J connectivity index is 1.12. The number of rotatable bonds is 6. The number of hydrazine groups is 1. The van der Waals surface area contributed by atoms with Crippen LogP contribution in [0.5, 0.6) is 0 Å². The molecule has 0 bridgehead atoms. The number of aromatic nitrogens is 4. The van der Waals surface area contributed by atoms with Crippen LogP contribution in [0.15, 0.2) is 90.1 Å². The van der Waals surface area contributed by atoms with Crippen molar-refractivity contribution >= 4 is 17.5 Å². The number of carbonyl (C=O) groups is 2. The van der Waals surface area contributed by atoms with E-state index in [1.165, 1.54) is 4.80 Å². The minimum absolute atomic E-state index is 0.213. The molecule has 1 aromatic heterocycles. The number of benzene rings is 3. The predicted molar refractivity (Wildman–Crippen MR) is 127 cm³/mol. The van der Waals surface area contributed by atoms with Gasteiger partial charge in [0.1, 0.15) is 0 Å². The molecule has 2 N–H and O–H groups in total. The molecule has 2 amide bonds. The van der Waals surface area contributed by atoms with Gasteiger partial charge in [-0.2, -0.15) is 4.80 Å². The summed E-state index contributed by atoms with van der Waals surface area (Å²) in [5, 5.41) is 16.4. The molecule has 0 radical (unpaired) electrons. The van der Waals surface area contributed by atoms with Crippen LogP contribution in [0.2, 0.25) is 0 Å². The number of tetrazole rings is 1. The summed E-state index contributed by atoms with van der Waals surface area (Å²) in [7, 11) is 0. The minimum Gasteiger partial charge on any atom is -0.387 e. The normalized spacial score (nSPS) is 14.6. The van der Waals surface area contributed by atoms with Crippen LogP contribution in [0, 0.1) is 0 Å². The zero-order chi connectivity index (χ0) is 24.0. The molecule has 2 heterocycles. The Hall–Kier alpha value is -4.86. The largest absolute Gasteiger partial charge is 0.387 e. The van der Waals surface area contributed by atoms with E-state index in [9.17, 15) is 9.59 Å². The maximum Gasteiger partial charge on any atom is 0.287 e. The number of hydrogen-bond acceptors (Lipinski definition) is 7. The number of nitrogens with zero attached hydrogens (tertiary/aromatic N) is 5. The molecule has 4 aromatic rings. The van der Waals surface area contributed by atoms with Crippen molar-refractivity contribution in [2.24, 2.45) is 5.16 Å². The third kappa shape index (κ3) is 5.22. The molecule has 0 saturated heterocycles. The molecular weight excluding hydrogens is 446 g/mol. The molecule has 1 aliphatic rings. The van der Waals surface area contributed by atoms with Gasteiger partial charge in [0.15, 0.2) is 11.8 Å². The van der Waals surface area contributed by atoms with Gasteiger partial charge in [0.2, 0.25) is 5.82 Å². The Labute approximate surface area is 200 Å². The SMILES string of the molecule is O=C(NNC(=O)c1ccc(Cn2nnc(-c3ccccc3)n2)cc1)C1=NOC(c2ccccc2)C1. The second-order valence-electron chi connectivity index (χ2n) is 7.86. The van der Waals surface area contributed by atoms with Crippen LogP contribution < -0.4 is 10.9 Å². The van der Waals surface area contributed by atoms with Gasteiger partial charge in [0.05, 0.1) is 6.54 Å². The second kappa shape index (κ2) is 9.96. The van der Waals surface area contributed by atoms with Crippen molar-refractivity contribution < 1.29 is 14.4 Å². The number of carbonyl (C=O) groups excluding carboxylic acids is 2. The molecule has 10 heteroatoms. The van der Waals surface area contributed by atoms with Crippen molar-refractivity contribution in [1.82, 2.24) is 31.1 Å². The third-order valence-electron chi connectivity index (χ3n) is 5.42. The molecule has 35 heavy (non-hydrogen) atoms. The second-order valence-corrected chi connectivity index (χ2v) is 7.86. The van der Waals surface area contributed by atoms with Gasteiger partial charge in [0, 0.05) is 17.5 Å². The van der Waals surface area contributed by atoms with E-state index in [1.807, 2.05) is 60.7 Å². The van der Waals surface area contributed by atoms with Gasteiger partial charge in [-0.05, 0) is 28.5 Å². The summed E-state index contributed by atoms with van der Waals surface area (Å²) >= 11 is 0. The monoisotopic (exact) mass is 467 g/mol. The van der Waals surface area contributed by atoms with E-state index >= 15 is 0 Å². The van der Waals surface area contributed by atoms with Gasteiger partial charge >= 0.3 is 0 Å². The summed E-state index contributed by atoms with van der Waals surface area (Å²) < 4.78 is 0.